The number of rotatable bonds is 5. The van der Waals surface area contributed by atoms with E-state index in [4.69, 9.17) is 9.47 Å². The Hall–Kier alpha value is -1.19. The Morgan fingerprint density at radius 2 is 2.29 bits per heavy atom. The molecule has 3 rings (SSSR count). The van der Waals surface area contributed by atoms with Crippen LogP contribution < -0.4 is 0 Å². The Morgan fingerprint density at radius 3 is 3.00 bits per heavy atom. The van der Waals surface area contributed by atoms with Gasteiger partial charge >= 0.3 is 0 Å². The largest absolute Gasteiger partial charge is 0.353 e. The maximum atomic E-state index is 11.6. The van der Waals surface area contributed by atoms with E-state index in [2.05, 4.69) is 24.8 Å². The van der Waals surface area contributed by atoms with E-state index in [1.54, 1.807) is 6.08 Å². The summed E-state index contributed by atoms with van der Waals surface area (Å²) >= 11 is 0. The second kappa shape index (κ2) is 6.29. The third-order valence-corrected chi connectivity index (χ3v) is 5.12. The third kappa shape index (κ3) is 2.77. The molecule has 2 fully saturated rings. The number of carbonyl (C=O) groups excluding carboxylic acids is 1. The molecule has 1 saturated heterocycles. The van der Waals surface area contributed by atoms with Crippen LogP contribution in [-0.2, 0) is 14.3 Å². The summed E-state index contributed by atoms with van der Waals surface area (Å²) in [5, 5.41) is 0. The minimum Gasteiger partial charge on any atom is -0.353 e. The zero-order chi connectivity index (χ0) is 14.7. The van der Waals surface area contributed by atoms with Crippen LogP contribution in [0.15, 0.2) is 37.0 Å². The molecule has 5 atom stereocenters. The van der Waals surface area contributed by atoms with Crippen LogP contribution in [-0.4, -0.2) is 25.3 Å². The fourth-order valence-electron chi connectivity index (χ4n) is 4.08. The van der Waals surface area contributed by atoms with Crippen molar-refractivity contribution >= 4 is 6.29 Å². The van der Waals surface area contributed by atoms with Crippen molar-refractivity contribution in [2.24, 2.45) is 17.3 Å². The fraction of sp³-hybridized carbons (Fsp3) is 0.611. The van der Waals surface area contributed by atoms with Crippen LogP contribution >= 0.6 is 0 Å². The first-order chi connectivity index (χ1) is 10.3. The van der Waals surface area contributed by atoms with Gasteiger partial charge in [0, 0.05) is 17.9 Å². The van der Waals surface area contributed by atoms with E-state index in [0.29, 0.717) is 5.92 Å². The van der Waals surface area contributed by atoms with Gasteiger partial charge in [0.15, 0.2) is 6.29 Å². The highest BCUT2D eigenvalue weighted by Crippen LogP contribution is 2.55. The molecule has 114 valence electrons. The molecule has 3 nitrogen and oxygen atoms in total. The van der Waals surface area contributed by atoms with Crippen molar-refractivity contribution < 1.29 is 14.3 Å². The third-order valence-electron chi connectivity index (χ3n) is 5.12. The van der Waals surface area contributed by atoms with Gasteiger partial charge in [-0.3, -0.25) is 0 Å². The fourth-order valence-corrected chi connectivity index (χ4v) is 4.08. The maximum Gasteiger partial charge on any atom is 0.157 e. The van der Waals surface area contributed by atoms with E-state index in [0.717, 1.165) is 45.0 Å². The average molecular weight is 288 g/mol. The smallest absolute Gasteiger partial charge is 0.157 e. The maximum absolute atomic E-state index is 11.6. The van der Waals surface area contributed by atoms with Crippen molar-refractivity contribution in [1.29, 1.82) is 0 Å². The summed E-state index contributed by atoms with van der Waals surface area (Å²) in [6, 6.07) is 0. The number of allylic oxidation sites excluding steroid dienone is 5. The molecule has 3 heteroatoms. The summed E-state index contributed by atoms with van der Waals surface area (Å²) in [5.41, 5.74) is -0.0426. The number of hydrogen-bond acceptors (Lipinski definition) is 3. The molecule has 1 heterocycles. The lowest BCUT2D eigenvalue weighted by Crippen LogP contribution is -2.31. The molecular weight excluding hydrogens is 264 g/mol. The first kappa shape index (κ1) is 14.7. The Bertz CT molecular complexity index is 447. The second-order valence-electron chi connectivity index (χ2n) is 6.34. The summed E-state index contributed by atoms with van der Waals surface area (Å²) in [5.74, 6) is 0.278. The number of ether oxygens (including phenoxy) is 2. The van der Waals surface area contributed by atoms with Crippen molar-refractivity contribution in [3.8, 4) is 0 Å². The van der Waals surface area contributed by atoms with Crippen molar-refractivity contribution in [3.63, 3.8) is 0 Å². The van der Waals surface area contributed by atoms with Crippen LogP contribution in [0.2, 0.25) is 0 Å². The van der Waals surface area contributed by atoms with Gasteiger partial charge in [0.2, 0.25) is 0 Å². The van der Waals surface area contributed by atoms with Gasteiger partial charge in [-0.1, -0.05) is 37.0 Å². The first-order valence-electron chi connectivity index (χ1n) is 7.99. The SMILES string of the molecule is C=CC=C[C@]12C=CC[C@@H]1C(C=O)C(OC1CCCCO1)C2. The van der Waals surface area contributed by atoms with Crippen molar-refractivity contribution in [2.45, 2.75) is 44.5 Å². The molecule has 3 unspecified atom stereocenters. The van der Waals surface area contributed by atoms with Crippen LogP contribution in [0.3, 0.4) is 0 Å². The van der Waals surface area contributed by atoms with Crippen molar-refractivity contribution in [1.82, 2.24) is 0 Å². The highest BCUT2D eigenvalue weighted by atomic mass is 16.7. The molecule has 0 bridgehead atoms. The molecule has 2 aliphatic carbocycles. The molecule has 3 aliphatic rings. The molecule has 0 radical (unpaired) electrons. The topological polar surface area (TPSA) is 35.5 Å². The van der Waals surface area contributed by atoms with Gasteiger partial charge in [0.1, 0.15) is 6.29 Å². The summed E-state index contributed by atoms with van der Waals surface area (Å²) in [4.78, 5) is 11.6. The van der Waals surface area contributed by atoms with Gasteiger partial charge in [0.05, 0.1) is 6.10 Å². The monoisotopic (exact) mass is 288 g/mol. The molecule has 0 N–H and O–H groups in total. The predicted octanol–water partition coefficient (Wildman–Crippen LogP) is 3.42. The van der Waals surface area contributed by atoms with E-state index < -0.39 is 0 Å². The van der Waals surface area contributed by atoms with Gasteiger partial charge in [-0.2, -0.15) is 0 Å². The quantitative estimate of drug-likeness (QED) is 0.442. The van der Waals surface area contributed by atoms with Crippen molar-refractivity contribution in [2.75, 3.05) is 6.61 Å². The number of aldehydes is 1. The zero-order valence-electron chi connectivity index (χ0n) is 12.4. The standard InChI is InChI=1S/C18H24O3/c1-2-3-9-18-10-6-7-15(18)14(13-19)16(12-18)21-17-8-4-5-11-20-17/h2-3,6,9-10,13-17H,1,4-5,7-8,11-12H2/t14?,15-,16?,17?,18-/m1/s1. The molecule has 1 aliphatic heterocycles. The molecular formula is C18H24O3. The van der Waals surface area contributed by atoms with Crippen LogP contribution in [0.5, 0.6) is 0 Å². The van der Waals surface area contributed by atoms with E-state index in [1.165, 1.54) is 0 Å². The predicted molar refractivity (Wildman–Crippen MR) is 81.7 cm³/mol. The first-order valence-corrected chi connectivity index (χ1v) is 7.99. The Balaban J connectivity index is 1.75. The molecule has 0 spiro atoms. The Labute approximate surface area is 126 Å². The highest BCUT2D eigenvalue weighted by molar-refractivity contribution is 5.58. The van der Waals surface area contributed by atoms with Crippen LogP contribution in [0.1, 0.15) is 32.1 Å². The number of carbonyl (C=O) groups is 1. The number of fused-ring (bicyclic) bond motifs is 1. The van der Waals surface area contributed by atoms with E-state index in [9.17, 15) is 4.79 Å². The number of hydrogen-bond donors (Lipinski definition) is 0. The van der Waals surface area contributed by atoms with E-state index in [-0.39, 0.29) is 23.7 Å². The van der Waals surface area contributed by atoms with Crippen LogP contribution in [0.4, 0.5) is 0 Å². The molecule has 0 aromatic carbocycles. The minimum absolute atomic E-state index is 0.0324. The molecule has 0 aromatic heterocycles. The summed E-state index contributed by atoms with van der Waals surface area (Å²) in [6.07, 6.45) is 16.4. The van der Waals surface area contributed by atoms with Crippen LogP contribution in [0.25, 0.3) is 0 Å². The Morgan fingerprint density at radius 1 is 1.38 bits per heavy atom. The second-order valence-corrected chi connectivity index (χ2v) is 6.34. The van der Waals surface area contributed by atoms with E-state index >= 15 is 0 Å². The molecule has 21 heavy (non-hydrogen) atoms. The normalized spacial score (nSPS) is 42.3. The van der Waals surface area contributed by atoms with Crippen molar-refractivity contribution in [3.05, 3.63) is 37.0 Å². The van der Waals surface area contributed by atoms with Gasteiger partial charge in [0.25, 0.3) is 0 Å². The lowest BCUT2D eigenvalue weighted by Gasteiger charge is -2.28. The van der Waals surface area contributed by atoms with Gasteiger partial charge in [-0.15, -0.1) is 0 Å². The van der Waals surface area contributed by atoms with Gasteiger partial charge in [-0.25, -0.2) is 0 Å². The van der Waals surface area contributed by atoms with E-state index in [1.807, 2.05) is 6.08 Å². The summed E-state index contributed by atoms with van der Waals surface area (Å²) < 4.78 is 11.8. The summed E-state index contributed by atoms with van der Waals surface area (Å²) in [6.45, 7) is 4.52. The average Bonchev–Trinajstić information content (AvgIpc) is 3.02. The summed E-state index contributed by atoms with van der Waals surface area (Å²) in [7, 11) is 0. The zero-order valence-corrected chi connectivity index (χ0v) is 12.4. The lowest BCUT2D eigenvalue weighted by atomic mass is 9.78. The van der Waals surface area contributed by atoms with Crippen LogP contribution in [0, 0.1) is 17.3 Å². The minimum atomic E-state index is -0.130. The highest BCUT2D eigenvalue weighted by Gasteiger charge is 2.53. The Kier molecular flexibility index (Phi) is 4.41. The van der Waals surface area contributed by atoms with Gasteiger partial charge < -0.3 is 14.3 Å². The van der Waals surface area contributed by atoms with Gasteiger partial charge in [-0.05, 0) is 38.0 Å². The molecule has 1 saturated carbocycles. The molecule has 0 aromatic rings. The lowest BCUT2D eigenvalue weighted by molar-refractivity contribution is -0.194. The molecule has 0 amide bonds.